The molecule has 5 nitrogen and oxygen atoms in total. The number of anilines is 1. The number of pyridine rings is 1. The highest BCUT2D eigenvalue weighted by Crippen LogP contribution is 2.27. The van der Waals surface area contributed by atoms with E-state index in [-0.39, 0.29) is 5.91 Å². The molecule has 0 aliphatic heterocycles. The van der Waals surface area contributed by atoms with Crippen molar-refractivity contribution in [2.75, 3.05) is 19.5 Å². The third-order valence-electron chi connectivity index (χ3n) is 3.28. The highest BCUT2D eigenvalue weighted by Gasteiger charge is 2.07. The summed E-state index contributed by atoms with van der Waals surface area (Å²) in [6, 6.07) is 9.37. The van der Waals surface area contributed by atoms with E-state index in [1.807, 2.05) is 37.3 Å². The number of benzene rings is 1. The molecule has 0 bridgehead atoms. The van der Waals surface area contributed by atoms with Gasteiger partial charge in [-0.2, -0.15) is 0 Å². The van der Waals surface area contributed by atoms with E-state index in [1.165, 1.54) is 0 Å². The maximum Gasteiger partial charge on any atom is 0.224 e. The number of carbonyl (C=O) groups excluding carboxylic acids is 1. The molecule has 116 valence electrons. The molecule has 0 saturated heterocycles. The summed E-state index contributed by atoms with van der Waals surface area (Å²) in [7, 11) is 3.19. The molecular weight excluding hydrogens is 280 g/mol. The lowest BCUT2D eigenvalue weighted by molar-refractivity contribution is -0.116. The molecule has 0 unspecified atom stereocenters. The smallest absolute Gasteiger partial charge is 0.224 e. The molecule has 0 radical (unpaired) electrons. The summed E-state index contributed by atoms with van der Waals surface area (Å²) in [5.74, 6) is 1.31. The van der Waals surface area contributed by atoms with Crippen LogP contribution in [0.2, 0.25) is 0 Å². The van der Waals surface area contributed by atoms with Crippen molar-refractivity contribution in [3.8, 4) is 11.5 Å². The molecule has 0 fully saturated rings. The molecule has 2 rings (SSSR count). The number of aromatic nitrogens is 1. The maximum absolute atomic E-state index is 12.0. The van der Waals surface area contributed by atoms with Gasteiger partial charge in [-0.1, -0.05) is 6.07 Å². The van der Waals surface area contributed by atoms with Crippen LogP contribution >= 0.6 is 0 Å². The first-order chi connectivity index (χ1) is 10.6. The predicted octanol–water partition coefficient (Wildman–Crippen LogP) is 2.98. The zero-order valence-corrected chi connectivity index (χ0v) is 13.1. The Labute approximate surface area is 130 Å². The van der Waals surface area contributed by atoms with Crippen molar-refractivity contribution in [3.63, 3.8) is 0 Å². The van der Waals surface area contributed by atoms with Crippen LogP contribution in [0.15, 0.2) is 36.5 Å². The summed E-state index contributed by atoms with van der Waals surface area (Å²) in [4.78, 5) is 16.1. The Kier molecular flexibility index (Phi) is 5.36. The van der Waals surface area contributed by atoms with Crippen molar-refractivity contribution in [1.29, 1.82) is 0 Å². The van der Waals surface area contributed by atoms with Gasteiger partial charge in [-0.25, -0.2) is 0 Å². The second-order valence-electron chi connectivity index (χ2n) is 4.93. The average molecular weight is 300 g/mol. The summed E-state index contributed by atoms with van der Waals surface area (Å²) >= 11 is 0. The Bertz CT molecular complexity index is 639. The normalized spacial score (nSPS) is 10.1. The van der Waals surface area contributed by atoms with E-state index >= 15 is 0 Å². The van der Waals surface area contributed by atoms with E-state index < -0.39 is 0 Å². The summed E-state index contributed by atoms with van der Waals surface area (Å²) in [6.07, 6.45) is 2.68. The molecule has 2 aromatic rings. The molecule has 1 N–H and O–H groups in total. The van der Waals surface area contributed by atoms with Gasteiger partial charge in [-0.15, -0.1) is 0 Å². The summed E-state index contributed by atoms with van der Waals surface area (Å²) in [5.41, 5.74) is 2.65. The Balaban J connectivity index is 1.92. The lowest BCUT2D eigenvalue weighted by Gasteiger charge is -2.09. The van der Waals surface area contributed by atoms with Crippen LogP contribution in [0.4, 0.5) is 5.69 Å². The van der Waals surface area contributed by atoms with Crippen LogP contribution in [0.1, 0.15) is 17.7 Å². The van der Waals surface area contributed by atoms with Crippen molar-refractivity contribution in [2.24, 2.45) is 0 Å². The maximum atomic E-state index is 12.0. The van der Waals surface area contributed by atoms with Crippen molar-refractivity contribution in [2.45, 2.75) is 19.8 Å². The number of hydrogen-bond donors (Lipinski definition) is 1. The zero-order chi connectivity index (χ0) is 15.9. The molecule has 1 amide bonds. The van der Waals surface area contributed by atoms with E-state index in [1.54, 1.807) is 20.4 Å². The topological polar surface area (TPSA) is 60.5 Å². The Morgan fingerprint density at radius 1 is 1.14 bits per heavy atom. The minimum Gasteiger partial charge on any atom is -0.493 e. The Morgan fingerprint density at radius 2 is 1.91 bits per heavy atom. The third-order valence-corrected chi connectivity index (χ3v) is 3.28. The van der Waals surface area contributed by atoms with E-state index in [0.29, 0.717) is 30.0 Å². The second-order valence-corrected chi connectivity index (χ2v) is 4.93. The van der Waals surface area contributed by atoms with Gasteiger partial charge in [-0.3, -0.25) is 9.78 Å². The van der Waals surface area contributed by atoms with Crippen molar-refractivity contribution >= 4 is 11.6 Å². The fourth-order valence-electron chi connectivity index (χ4n) is 2.06. The molecule has 5 heteroatoms. The monoisotopic (exact) mass is 300 g/mol. The van der Waals surface area contributed by atoms with Crippen molar-refractivity contribution in [1.82, 2.24) is 4.98 Å². The second kappa shape index (κ2) is 7.45. The molecule has 1 aromatic carbocycles. The molecule has 1 aromatic heterocycles. The van der Waals surface area contributed by atoms with Gasteiger partial charge in [0.25, 0.3) is 0 Å². The van der Waals surface area contributed by atoms with Gasteiger partial charge in [0.2, 0.25) is 5.91 Å². The first kappa shape index (κ1) is 15.8. The number of amides is 1. The number of carbonyl (C=O) groups is 1. The third kappa shape index (κ3) is 4.22. The van der Waals surface area contributed by atoms with Gasteiger partial charge in [0.1, 0.15) is 0 Å². The molecule has 0 aliphatic carbocycles. The Morgan fingerprint density at radius 3 is 2.55 bits per heavy atom. The standard InChI is InChI=1S/C17H20N2O3/c1-12-4-7-14(11-18-12)19-17(20)9-6-13-5-8-15(21-2)16(10-13)22-3/h4-5,7-8,10-11H,6,9H2,1-3H3,(H,19,20). The summed E-state index contributed by atoms with van der Waals surface area (Å²) in [5, 5.41) is 2.83. The lowest BCUT2D eigenvalue weighted by atomic mass is 10.1. The Hall–Kier alpha value is -2.56. The van der Waals surface area contributed by atoms with E-state index in [0.717, 1.165) is 11.3 Å². The molecule has 0 aliphatic rings. The molecule has 22 heavy (non-hydrogen) atoms. The SMILES string of the molecule is COc1ccc(CCC(=O)Nc2ccc(C)nc2)cc1OC. The van der Waals surface area contributed by atoms with Crippen LogP contribution in [0.5, 0.6) is 11.5 Å². The molecular formula is C17H20N2O3. The van der Waals surface area contributed by atoms with Crippen molar-refractivity contribution < 1.29 is 14.3 Å². The number of methoxy groups -OCH3 is 2. The van der Waals surface area contributed by atoms with Gasteiger partial charge in [0.05, 0.1) is 26.1 Å². The van der Waals surface area contributed by atoms with Crippen LogP contribution in [-0.2, 0) is 11.2 Å². The number of rotatable bonds is 6. The van der Waals surface area contributed by atoms with Crippen molar-refractivity contribution in [3.05, 3.63) is 47.8 Å². The van der Waals surface area contributed by atoms with Crippen LogP contribution in [0.3, 0.4) is 0 Å². The average Bonchev–Trinajstić information content (AvgIpc) is 2.54. The fraction of sp³-hybridized carbons (Fsp3) is 0.294. The summed E-state index contributed by atoms with van der Waals surface area (Å²) < 4.78 is 10.5. The summed E-state index contributed by atoms with van der Waals surface area (Å²) in [6.45, 7) is 1.91. The molecule has 0 saturated carbocycles. The van der Waals surface area contributed by atoms with Crippen LogP contribution in [0, 0.1) is 6.92 Å². The fourth-order valence-corrected chi connectivity index (χ4v) is 2.06. The highest BCUT2D eigenvalue weighted by atomic mass is 16.5. The highest BCUT2D eigenvalue weighted by molar-refractivity contribution is 5.90. The zero-order valence-electron chi connectivity index (χ0n) is 13.1. The van der Waals surface area contributed by atoms with Crippen LogP contribution < -0.4 is 14.8 Å². The number of ether oxygens (including phenoxy) is 2. The van der Waals surface area contributed by atoms with E-state index in [9.17, 15) is 4.79 Å². The van der Waals surface area contributed by atoms with Crippen LogP contribution in [0.25, 0.3) is 0 Å². The molecule has 0 atom stereocenters. The minimum atomic E-state index is -0.0413. The first-order valence-electron chi connectivity index (χ1n) is 7.06. The van der Waals surface area contributed by atoms with Gasteiger partial charge >= 0.3 is 0 Å². The van der Waals surface area contributed by atoms with Gasteiger partial charge < -0.3 is 14.8 Å². The minimum absolute atomic E-state index is 0.0413. The van der Waals surface area contributed by atoms with E-state index in [2.05, 4.69) is 10.3 Å². The number of nitrogens with one attached hydrogen (secondary N) is 1. The number of aryl methyl sites for hydroxylation is 2. The van der Waals surface area contributed by atoms with Gasteiger partial charge in [0, 0.05) is 12.1 Å². The number of nitrogens with zero attached hydrogens (tertiary/aromatic N) is 1. The lowest BCUT2D eigenvalue weighted by Crippen LogP contribution is -2.12. The first-order valence-corrected chi connectivity index (χ1v) is 7.06. The molecule has 0 spiro atoms. The quantitative estimate of drug-likeness (QED) is 0.891. The van der Waals surface area contributed by atoms with Gasteiger partial charge in [0.15, 0.2) is 11.5 Å². The van der Waals surface area contributed by atoms with Crippen LogP contribution in [-0.4, -0.2) is 25.1 Å². The molecule has 1 heterocycles. The number of hydrogen-bond acceptors (Lipinski definition) is 4. The predicted molar refractivity (Wildman–Crippen MR) is 85.5 cm³/mol. The van der Waals surface area contributed by atoms with E-state index in [4.69, 9.17) is 9.47 Å². The largest absolute Gasteiger partial charge is 0.493 e. The van der Waals surface area contributed by atoms with Gasteiger partial charge in [-0.05, 0) is 43.2 Å².